The van der Waals surface area contributed by atoms with Crippen LogP contribution in [0.25, 0.3) is 0 Å². The van der Waals surface area contributed by atoms with Crippen LogP contribution in [-0.2, 0) is 0 Å². The van der Waals surface area contributed by atoms with Crippen LogP contribution in [0.5, 0.6) is 11.5 Å². The molecular formula is C14H23N4O3+. The Kier molecular flexibility index (Phi) is 5.24. The van der Waals surface area contributed by atoms with Gasteiger partial charge in [-0.25, -0.2) is 9.80 Å². The number of nitrogens with zero attached hydrogens (tertiary/aromatic N) is 1. The highest BCUT2D eigenvalue weighted by Gasteiger charge is 2.18. The predicted octanol–water partition coefficient (Wildman–Crippen LogP) is -0.429. The summed E-state index contributed by atoms with van der Waals surface area (Å²) in [6.45, 7) is 3.73. The second kappa shape index (κ2) is 7.14. The van der Waals surface area contributed by atoms with Gasteiger partial charge < -0.3 is 19.7 Å². The molecule has 2 rings (SSSR count). The Morgan fingerprint density at radius 1 is 1.24 bits per heavy atom. The van der Waals surface area contributed by atoms with Gasteiger partial charge in [-0.3, -0.25) is 5.43 Å². The standard InChI is InChI=1S/C14H22N4O3/c1-17-6-8-18(9-7-17)16-14(19)15-12-5-4-11(20-2)10-13(12)21-3/h4-5,10H,6-9H2,1-3H3,(H2,15,16,19)/p+1. The SMILES string of the molecule is COc1ccc(NC(=O)NN2CC[NH+](C)CC2)c(OC)c1. The number of methoxy groups -OCH3 is 2. The van der Waals surface area contributed by atoms with Crippen molar-refractivity contribution in [3.63, 3.8) is 0 Å². The molecule has 0 atom stereocenters. The maximum absolute atomic E-state index is 12.0. The number of benzene rings is 1. The molecule has 0 bridgehead atoms. The van der Waals surface area contributed by atoms with E-state index in [0.29, 0.717) is 17.2 Å². The van der Waals surface area contributed by atoms with E-state index in [1.807, 2.05) is 5.01 Å². The molecule has 0 saturated carbocycles. The Morgan fingerprint density at radius 2 is 1.95 bits per heavy atom. The Balaban J connectivity index is 1.93. The van der Waals surface area contributed by atoms with E-state index < -0.39 is 0 Å². The molecule has 0 radical (unpaired) electrons. The number of hydrogen-bond donors (Lipinski definition) is 3. The average Bonchev–Trinajstić information content (AvgIpc) is 2.50. The largest absolute Gasteiger partial charge is 0.497 e. The number of urea groups is 1. The van der Waals surface area contributed by atoms with Gasteiger partial charge in [-0.15, -0.1) is 0 Å². The third-order valence-corrected chi connectivity index (χ3v) is 3.53. The first-order chi connectivity index (χ1) is 10.1. The molecule has 0 unspecified atom stereocenters. The molecule has 1 fully saturated rings. The van der Waals surface area contributed by atoms with Crippen molar-refractivity contribution in [1.29, 1.82) is 0 Å². The number of quaternary nitrogens is 1. The van der Waals surface area contributed by atoms with Crippen LogP contribution in [0.15, 0.2) is 18.2 Å². The van der Waals surface area contributed by atoms with Gasteiger partial charge in [0.15, 0.2) is 0 Å². The maximum atomic E-state index is 12.0. The van der Waals surface area contributed by atoms with Crippen molar-refractivity contribution in [2.75, 3.05) is 52.8 Å². The van der Waals surface area contributed by atoms with Crippen LogP contribution in [0.1, 0.15) is 0 Å². The van der Waals surface area contributed by atoms with Crippen LogP contribution in [0.4, 0.5) is 10.5 Å². The lowest BCUT2D eigenvalue weighted by molar-refractivity contribution is -0.884. The van der Waals surface area contributed by atoms with Crippen molar-refractivity contribution in [1.82, 2.24) is 10.4 Å². The van der Waals surface area contributed by atoms with Gasteiger partial charge in [-0.2, -0.15) is 0 Å². The van der Waals surface area contributed by atoms with Crippen LogP contribution >= 0.6 is 0 Å². The number of ether oxygens (including phenoxy) is 2. The molecule has 0 spiro atoms. The molecule has 1 aromatic rings. The van der Waals surface area contributed by atoms with Gasteiger partial charge in [0.25, 0.3) is 0 Å². The van der Waals surface area contributed by atoms with Gasteiger partial charge in [-0.05, 0) is 12.1 Å². The number of hydrogen-bond acceptors (Lipinski definition) is 4. The topological polar surface area (TPSA) is 67.3 Å². The highest BCUT2D eigenvalue weighted by atomic mass is 16.5. The number of carbonyl (C=O) groups excluding carboxylic acids is 1. The van der Waals surface area contributed by atoms with Crippen molar-refractivity contribution in [3.05, 3.63) is 18.2 Å². The van der Waals surface area contributed by atoms with Gasteiger partial charge >= 0.3 is 6.03 Å². The summed E-state index contributed by atoms with van der Waals surface area (Å²) in [6.07, 6.45) is 0. The molecule has 0 aromatic heterocycles. The summed E-state index contributed by atoms with van der Waals surface area (Å²) < 4.78 is 10.4. The lowest BCUT2D eigenvalue weighted by Crippen LogP contribution is -3.12. The van der Waals surface area contributed by atoms with Gasteiger partial charge in [-0.1, -0.05) is 0 Å². The molecule has 7 heteroatoms. The first-order valence-electron chi connectivity index (χ1n) is 6.98. The second-order valence-corrected chi connectivity index (χ2v) is 5.08. The number of anilines is 1. The van der Waals surface area contributed by atoms with E-state index in [-0.39, 0.29) is 6.03 Å². The molecule has 7 nitrogen and oxygen atoms in total. The zero-order chi connectivity index (χ0) is 15.2. The molecule has 116 valence electrons. The first-order valence-corrected chi connectivity index (χ1v) is 6.98. The zero-order valence-corrected chi connectivity index (χ0v) is 12.7. The summed E-state index contributed by atoms with van der Waals surface area (Å²) >= 11 is 0. The predicted molar refractivity (Wildman–Crippen MR) is 79.9 cm³/mol. The second-order valence-electron chi connectivity index (χ2n) is 5.08. The summed E-state index contributed by atoms with van der Waals surface area (Å²) in [5.41, 5.74) is 3.46. The molecular weight excluding hydrogens is 272 g/mol. The Hall–Kier alpha value is -1.99. The minimum Gasteiger partial charge on any atom is -0.497 e. The van der Waals surface area contributed by atoms with Crippen LogP contribution in [0.2, 0.25) is 0 Å². The molecule has 1 aliphatic rings. The summed E-state index contributed by atoms with van der Waals surface area (Å²) in [5.74, 6) is 1.24. The van der Waals surface area contributed by atoms with Crippen LogP contribution in [0, 0.1) is 0 Å². The first kappa shape index (κ1) is 15.4. The number of amides is 2. The van der Waals surface area contributed by atoms with E-state index in [1.54, 1.807) is 32.4 Å². The van der Waals surface area contributed by atoms with Crippen LogP contribution < -0.4 is 25.1 Å². The van der Waals surface area contributed by atoms with Gasteiger partial charge in [0.05, 0.1) is 53.1 Å². The fourth-order valence-corrected chi connectivity index (χ4v) is 2.20. The van der Waals surface area contributed by atoms with E-state index in [1.165, 1.54) is 4.90 Å². The fourth-order valence-electron chi connectivity index (χ4n) is 2.20. The minimum atomic E-state index is -0.266. The fraction of sp³-hybridized carbons (Fsp3) is 0.500. The monoisotopic (exact) mass is 295 g/mol. The molecule has 1 saturated heterocycles. The molecule has 1 aliphatic heterocycles. The van der Waals surface area contributed by atoms with Crippen molar-refractivity contribution in [2.24, 2.45) is 0 Å². The number of rotatable bonds is 4. The molecule has 0 aliphatic carbocycles. The highest BCUT2D eigenvalue weighted by molar-refractivity contribution is 5.90. The van der Waals surface area contributed by atoms with E-state index in [9.17, 15) is 4.79 Å². The van der Waals surface area contributed by atoms with E-state index >= 15 is 0 Å². The Labute approximate surface area is 124 Å². The number of piperazine rings is 1. The number of nitrogens with one attached hydrogen (secondary N) is 3. The lowest BCUT2D eigenvalue weighted by Gasteiger charge is -2.30. The van der Waals surface area contributed by atoms with Crippen molar-refractivity contribution in [2.45, 2.75) is 0 Å². The molecule has 21 heavy (non-hydrogen) atoms. The van der Waals surface area contributed by atoms with Gasteiger partial charge in [0.1, 0.15) is 11.5 Å². The summed E-state index contributed by atoms with van der Waals surface area (Å²) in [5, 5.41) is 4.72. The van der Waals surface area contributed by atoms with E-state index in [4.69, 9.17) is 9.47 Å². The average molecular weight is 295 g/mol. The summed E-state index contributed by atoms with van der Waals surface area (Å²) in [6, 6.07) is 5.00. The van der Waals surface area contributed by atoms with Crippen LogP contribution in [0.3, 0.4) is 0 Å². The van der Waals surface area contributed by atoms with E-state index in [0.717, 1.165) is 26.2 Å². The number of carbonyl (C=O) groups is 1. The lowest BCUT2D eigenvalue weighted by atomic mass is 10.2. The van der Waals surface area contributed by atoms with Crippen molar-refractivity contribution in [3.8, 4) is 11.5 Å². The summed E-state index contributed by atoms with van der Waals surface area (Å²) in [4.78, 5) is 13.5. The molecule has 1 aromatic carbocycles. The zero-order valence-electron chi connectivity index (χ0n) is 12.7. The third-order valence-electron chi connectivity index (χ3n) is 3.53. The smallest absolute Gasteiger partial charge is 0.333 e. The molecule has 3 N–H and O–H groups in total. The third kappa shape index (κ3) is 4.24. The Morgan fingerprint density at radius 3 is 2.57 bits per heavy atom. The molecule has 2 amide bonds. The number of hydrazine groups is 1. The van der Waals surface area contributed by atoms with E-state index in [2.05, 4.69) is 17.8 Å². The minimum absolute atomic E-state index is 0.266. The normalized spacial score (nSPS) is 16.3. The maximum Gasteiger partial charge on any atom is 0.333 e. The van der Waals surface area contributed by atoms with Gasteiger partial charge in [0.2, 0.25) is 0 Å². The quantitative estimate of drug-likeness (QED) is 0.705. The van der Waals surface area contributed by atoms with Crippen molar-refractivity contribution < 1.29 is 19.2 Å². The molecule has 1 heterocycles. The van der Waals surface area contributed by atoms with Crippen molar-refractivity contribution >= 4 is 11.7 Å². The summed E-state index contributed by atoms with van der Waals surface area (Å²) in [7, 11) is 5.30. The number of likely N-dealkylation sites (N-methyl/N-ethyl adjacent to an activating group) is 1. The van der Waals surface area contributed by atoms with Gasteiger partial charge in [0, 0.05) is 6.07 Å². The highest BCUT2D eigenvalue weighted by Crippen LogP contribution is 2.28. The Bertz CT molecular complexity index is 487. The van der Waals surface area contributed by atoms with Crippen LogP contribution in [-0.4, -0.2) is 58.5 Å².